The third-order valence-corrected chi connectivity index (χ3v) is 3.59. The number of anilines is 1. The Kier molecular flexibility index (Phi) is 6.58. The number of likely N-dealkylation sites (N-methyl/N-ethyl adjacent to an activating group) is 1. The van der Waals surface area contributed by atoms with Gasteiger partial charge >= 0.3 is 0 Å². The van der Waals surface area contributed by atoms with Gasteiger partial charge in [0.1, 0.15) is 11.6 Å². The van der Waals surface area contributed by atoms with Gasteiger partial charge in [-0.25, -0.2) is 4.39 Å². The van der Waals surface area contributed by atoms with Crippen molar-refractivity contribution in [3.8, 4) is 5.75 Å². The smallest absolute Gasteiger partial charge is 0.238 e. The van der Waals surface area contributed by atoms with Crippen molar-refractivity contribution in [3.05, 3.63) is 58.9 Å². The van der Waals surface area contributed by atoms with Gasteiger partial charge in [0, 0.05) is 12.2 Å². The van der Waals surface area contributed by atoms with Gasteiger partial charge in [0.25, 0.3) is 0 Å². The molecule has 0 aliphatic heterocycles. The van der Waals surface area contributed by atoms with Crippen LogP contribution in [0.4, 0.5) is 10.1 Å². The lowest BCUT2D eigenvalue weighted by Gasteiger charge is -2.16. The summed E-state index contributed by atoms with van der Waals surface area (Å²) in [5.74, 6) is 0.128. The Balaban J connectivity index is 1.85. The summed E-state index contributed by atoms with van der Waals surface area (Å²) < 4.78 is 18.5. The van der Waals surface area contributed by atoms with Gasteiger partial charge in [-0.1, -0.05) is 23.7 Å². The number of ether oxygens (including phenoxy) is 1. The standard InChI is InChI=1S/C18H20ClFN2O2/c1-3-24-15-7-4-13(5-8-15)11-22(2)12-18(23)21-14-6-9-17(20)16(19)10-14/h4-10H,3,11-12H2,1-2H3,(H,21,23). The van der Waals surface area contributed by atoms with Crippen molar-refractivity contribution in [1.29, 1.82) is 0 Å². The van der Waals surface area contributed by atoms with Crippen molar-refractivity contribution in [2.45, 2.75) is 13.5 Å². The van der Waals surface area contributed by atoms with Gasteiger partial charge < -0.3 is 10.1 Å². The molecule has 2 rings (SSSR count). The van der Waals surface area contributed by atoms with Crippen LogP contribution in [-0.4, -0.2) is 31.0 Å². The molecule has 0 saturated heterocycles. The number of rotatable bonds is 7. The summed E-state index contributed by atoms with van der Waals surface area (Å²) in [5.41, 5.74) is 1.56. The van der Waals surface area contributed by atoms with Crippen molar-refractivity contribution in [2.24, 2.45) is 0 Å². The van der Waals surface area contributed by atoms with Crippen LogP contribution in [0.2, 0.25) is 5.02 Å². The average molecular weight is 351 g/mol. The molecule has 24 heavy (non-hydrogen) atoms. The van der Waals surface area contributed by atoms with Gasteiger partial charge in [0.15, 0.2) is 0 Å². The molecule has 6 heteroatoms. The monoisotopic (exact) mass is 350 g/mol. The molecule has 128 valence electrons. The van der Waals surface area contributed by atoms with E-state index in [2.05, 4.69) is 5.32 Å². The van der Waals surface area contributed by atoms with Crippen LogP contribution in [0.5, 0.6) is 5.75 Å². The number of benzene rings is 2. The fourth-order valence-electron chi connectivity index (χ4n) is 2.24. The highest BCUT2D eigenvalue weighted by molar-refractivity contribution is 6.31. The third kappa shape index (κ3) is 5.51. The van der Waals surface area contributed by atoms with E-state index in [0.29, 0.717) is 18.8 Å². The Hall–Kier alpha value is -2.11. The summed E-state index contributed by atoms with van der Waals surface area (Å²) in [6.45, 7) is 3.41. The normalized spacial score (nSPS) is 10.7. The molecule has 0 fully saturated rings. The number of hydrogen-bond donors (Lipinski definition) is 1. The highest BCUT2D eigenvalue weighted by Crippen LogP contribution is 2.19. The highest BCUT2D eigenvalue weighted by Gasteiger charge is 2.09. The second-order valence-corrected chi connectivity index (χ2v) is 5.83. The number of carbonyl (C=O) groups excluding carboxylic acids is 1. The molecule has 2 aromatic rings. The summed E-state index contributed by atoms with van der Waals surface area (Å²) in [6, 6.07) is 11.9. The van der Waals surface area contributed by atoms with E-state index in [-0.39, 0.29) is 17.5 Å². The SMILES string of the molecule is CCOc1ccc(CN(C)CC(=O)Nc2ccc(F)c(Cl)c2)cc1. The topological polar surface area (TPSA) is 41.6 Å². The second kappa shape index (κ2) is 8.66. The van der Waals surface area contributed by atoms with E-state index >= 15 is 0 Å². The van der Waals surface area contributed by atoms with E-state index in [1.54, 1.807) is 0 Å². The number of nitrogens with zero attached hydrogens (tertiary/aromatic N) is 1. The number of carbonyl (C=O) groups is 1. The van der Waals surface area contributed by atoms with E-state index in [9.17, 15) is 9.18 Å². The highest BCUT2D eigenvalue weighted by atomic mass is 35.5. The number of halogens is 2. The van der Waals surface area contributed by atoms with E-state index in [4.69, 9.17) is 16.3 Å². The first-order chi connectivity index (χ1) is 11.5. The van der Waals surface area contributed by atoms with Gasteiger partial charge in [-0.2, -0.15) is 0 Å². The molecule has 1 amide bonds. The van der Waals surface area contributed by atoms with Gasteiger partial charge in [-0.05, 0) is 49.9 Å². The van der Waals surface area contributed by atoms with Gasteiger partial charge in [0.2, 0.25) is 5.91 Å². The Morgan fingerprint density at radius 1 is 1.25 bits per heavy atom. The quantitative estimate of drug-likeness (QED) is 0.822. The molecule has 0 heterocycles. The average Bonchev–Trinajstić information content (AvgIpc) is 2.53. The van der Waals surface area contributed by atoms with Crippen molar-refractivity contribution < 1.29 is 13.9 Å². The van der Waals surface area contributed by atoms with E-state index in [1.165, 1.54) is 18.2 Å². The Morgan fingerprint density at radius 2 is 1.96 bits per heavy atom. The molecule has 0 bridgehead atoms. The van der Waals surface area contributed by atoms with Crippen molar-refractivity contribution in [1.82, 2.24) is 4.90 Å². The minimum absolute atomic E-state index is 0.0180. The Morgan fingerprint density at radius 3 is 2.58 bits per heavy atom. The maximum absolute atomic E-state index is 13.1. The van der Waals surface area contributed by atoms with E-state index in [0.717, 1.165) is 11.3 Å². The number of nitrogens with one attached hydrogen (secondary N) is 1. The minimum Gasteiger partial charge on any atom is -0.494 e. The molecule has 0 atom stereocenters. The van der Waals surface area contributed by atoms with Gasteiger partial charge in [-0.3, -0.25) is 9.69 Å². The van der Waals surface area contributed by atoms with E-state index in [1.807, 2.05) is 43.1 Å². The van der Waals surface area contributed by atoms with Crippen LogP contribution in [-0.2, 0) is 11.3 Å². The minimum atomic E-state index is -0.512. The largest absolute Gasteiger partial charge is 0.494 e. The zero-order chi connectivity index (χ0) is 17.5. The van der Waals surface area contributed by atoms with Crippen LogP contribution in [0.3, 0.4) is 0 Å². The van der Waals surface area contributed by atoms with Gasteiger partial charge in [-0.15, -0.1) is 0 Å². The lowest BCUT2D eigenvalue weighted by atomic mass is 10.2. The first-order valence-corrected chi connectivity index (χ1v) is 8.01. The van der Waals surface area contributed by atoms with Gasteiger partial charge in [0.05, 0.1) is 18.2 Å². The summed E-state index contributed by atoms with van der Waals surface area (Å²) >= 11 is 5.70. The van der Waals surface area contributed by atoms with E-state index < -0.39 is 5.82 Å². The summed E-state index contributed by atoms with van der Waals surface area (Å²) in [6.07, 6.45) is 0. The third-order valence-electron chi connectivity index (χ3n) is 3.30. The molecule has 1 N–H and O–H groups in total. The molecule has 0 saturated carbocycles. The maximum atomic E-state index is 13.1. The van der Waals surface area contributed by atoms with Crippen LogP contribution in [0, 0.1) is 5.82 Å². The Bertz CT molecular complexity index is 692. The number of amides is 1. The first kappa shape index (κ1) is 18.2. The molecule has 2 aromatic carbocycles. The predicted molar refractivity (Wildman–Crippen MR) is 94.0 cm³/mol. The Labute approximate surface area is 146 Å². The molecule has 4 nitrogen and oxygen atoms in total. The molecule has 0 radical (unpaired) electrons. The van der Waals surface area contributed by atoms with Crippen molar-refractivity contribution in [2.75, 3.05) is 25.5 Å². The molecule has 0 spiro atoms. The summed E-state index contributed by atoms with van der Waals surface area (Å²) in [5, 5.41) is 2.68. The fourth-order valence-corrected chi connectivity index (χ4v) is 2.43. The lowest BCUT2D eigenvalue weighted by molar-refractivity contribution is -0.117. The van der Waals surface area contributed by atoms with Crippen LogP contribution in [0.25, 0.3) is 0 Å². The molecule has 0 aromatic heterocycles. The lowest BCUT2D eigenvalue weighted by Crippen LogP contribution is -2.29. The number of hydrogen-bond acceptors (Lipinski definition) is 3. The van der Waals surface area contributed by atoms with Crippen LogP contribution < -0.4 is 10.1 Å². The maximum Gasteiger partial charge on any atom is 0.238 e. The second-order valence-electron chi connectivity index (χ2n) is 5.43. The van der Waals surface area contributed by atoms with Crippen molar-refractivity contribution >= 4 is 23.2 Å². The fraction of sp³-hybridized carbons (Fsp3) is 0.278. The van der Waals surface area contributed by atoms with Crippen LogP contribution in [0.15, 0.2) is 42.5 Å². The molecule has 0 aliphatic rings. The zero-order valence-electron chi connectivity index (χ0n) is 13.7. The summed E-state index contributed by atoms with van der Waals surface area (Å²) in [4.78, 5) is 13.9. The van der Waals surface area contributed by atoms with Crippen LogP contribution >= 0.6 is 11.6 Å². The molecule has 0 unspecified atom stereocenters. The van der Waals surface area contributed by atoms with Crippen molar-refractivity contribution in [3.63, 3.8) is 0 Å². The van der Waals surface area contributed by atoms with Crippen LogP contribution in [0.1, 0.15) is 12.5 Å². The zero-order valence-corrected chi connectivity index (χ0v) is 14.4. The molecular weight excluding hydrogens is 331 g/mol. The molecule has 0 aliphatic carbocycles. The molecular formula is C18H20ClFN2O2. The summed E-state index contributed by atoms with van der Waals surface area (Å²) in [7, 11) is 1.85. The predicted octanol–water partition coefficient (Wildman–Crippen LogP) is 3.95. The first-order valence-electron chi connectivity index (χ1n) is 7.63.